The van der Waals surface area contributed by atoms with Crippen LogP contribution in [0.1, 0.15) is 16.8 Å². The molecule has 0 fully saturated rings. The van der Waals surface area contributed by atoms with Crippen LogP contribution < -0.4 is 10.1 Å². The lowest BCUT2D eigenvalue weighted by atomic mass is 9.80. The van der Waals surface area contributed by atoms with E-state index in [2.05, 4.69) is 15.0 Å². The number of nitrogens with one attached hydrogen (secondary N) is 1. The molecule has 3 nitrogen and oxygen atoms in total. The first-order valence-electron chi connectivity index (χ1n) is 9.07. The molecule has 1 heterocycles. The second-order valence-corrected chi connectivity index (χ2v) is 7.11. The van der Waals surface area contributed by atoms with Crippen LogP contribution in [0.15, 0.2) is 72.9 Å². The van der Waals surface area contributed by atoms with Gasteiger partial charge >= 0.3 is 12.5 Å². The van der Waals surface area contributed by atoms with Gasteiger partial charge in [0.2, 0.25) is 0 Å². The van der Waals surface area contributed by atoms with Crippen molar-refractivity contribution < 1.29 is 22.3 Å². The fourth-order valence-electron chi connectivity index (χ4n) is 3.26. The van der Waals surface area contributed by atoms with Gasteiger partial charge in [0.05, 0.1) is 16.3 Å². The number of benzene rings is 2. The molecule has 0 aliphatic heterocycles. The van der Waals surface area contributed by atoms with Crippen molar-refractivity contribution in [2.75, 3.05) is 7.05 Å². The molecule has 3 aromatic rings. The zero-order valence-corrected chi connectivity index (χ0v) is 16.7. The van der Waals surface area contributed by atoms with E-state index in [1.54, 1.807) is 25.2 Å². The molecule has 158 valence electrons. The van der Waals surface area contributed by atoms with Crippen LogP contribution in [0.3, 0.4) is 0 Å². The zero-order chi connectivity index (χ0) is 21.8. The number of nitrogens with zero attached hydrogens (tertiary/aromatic N) is 1. The van der Waals surface area contributed by atoms with E-state index in [0.29, 0.717) is 22.7 Å². The molecular formula is C22H19ClF4N2O. The number of rotatable bonds is 8. The molecule has 3 rings (SSSR count). The minimum atomic E-state index is -4.60. The molecule has 8 heteroatoms. The molecule has 0 spiro atoms. The third-order valence-corrected chi connectivity index (χ3v) is 4.96. The van der Waals surface area contributed by atoms with Gasteiger partial charge in [-0.15, -0.1) is 0 Å². The van der Waals surface area contributed by atoms with Gasteiger partial charge in [0, 0.05) is 12.6 Å². The lowest BCUT2D eigenvalue weighted by molar-refractivity contribution is -0.253. The summed E-state index contributed by atoms with van der Waals surface area (Å²) in [7, 11) is 1.71. The summed E-state index contributed by atoms with van der Waals surface area (Å²) in [4.78, 5) is 4.42. The van der Waals surface area contributed by atoms with Gasteiger partial charge in [0.1, 0.15) is 5.75 Å². The Morgan fingerprint density at radius 3 is 2.37 bits per heavy atom. The summed E-state index contributed by atoms with van der Waals surface area (Å²) in [6, 6.07) is 18.6. The number of likely N-dealkylation sites (N-methyl/N-ethyl adjacent to an activating group) is 1. The van der Waals surface area contributed by atoms with Gasteiger partial charge in [-0.2, -0.15) is 17.6 Å². The van der Waals surface area contributed by atoms with Crippen molar-refractivity contribution in [1.29, 1.82) is 0 Å². The Hall–Kier alpha value is -2.64. The van der Waals surface area contributed by atoms with Crippen molar-refractivity contribution in [1.82, 2.24) is 10.3 Å². The summed E-state index contributed by atoms with van der Waals surface area (Å²) < 4.78 is 56.3. The van der Waals surface area contributed by atoms with Crippen LogP contribution in [0.2, 0.25) is 5.02 Å². The predicted molar refractivity (Wildman–Crippen MR) is 107 cm³/mol. The smallest absolute Gasteiger partial charge is 0.428 e. The van der Waals surface area contributed by atoms with Gasteiger partial charge in [-0.25, -0.2) is 0 Å². The SMILES string of the molecule is CN[C@@](Cc1ccccc1)(c1cccc(OC(F)(F)C(F)F)c1)c1ccc(Cl)cn1. The summed E-state index contributed by atoms with van der Waals surface area (Å²) >= 11 is 5.98. The average molecular weight is 439 g/mol. The number of alkyl halides is 4. The van der Waals surface area contributed by atoms with Gasteiger partial charge < -0.3 is 10.1 Å². The van der Waals surface area contributed by atoms with Gasteiger partial charge in [-0.3, -0.25) is 4.98 Å². The standard InChI is InChI=1S/C22H19ClF4N2O/c1-28-21(13-15-6-3-2-4-7-15,19-11-10-17(23)14-29-19)16-8-5-9-18(12-16)30-22(26,27)20(24)25/h2-12,14,20,28H,13H2,1H3/t21-/m0/s1. The quantitative estimate of drug-likeness (QED) is 0.460. The Morgan fingerprint density at radius 2 is 1.77 bits per heavy atom. The van der Waals surface area contributed by atoms with Gasteiger partial charge in [0.15, 0.2) is 0 Å². The maximum Gasteiger partial charge on any atom is 0.461 e. The lowest BCUT2D eigenvalue weighted by Gasteiger charge is -2.34. The van der Waals surface area contributed by atoms with E-state index in [4.69, 9.17) is 11.6 Å². The minimum Gasteiger partial charge on any atom is -0.428 e. The van der Waals surface area contributed by atoms with Crippen LogP contribution in [-0.2, 0) is 12.0 Å². The van der Waals surface area contributed by atoms with Gasteiger partial charge in [-0.1, -0.05) is 54.1 Å². The summed E-state index contributed by atoms with van der Waals surface area (Å²) in [5.41, 5.74) is 1.10. The van der Waals surface area contributed by atoms with E-state index in [-0.39, 0.29) is 5.75 Å². The van der Waals surface area contributed by atoms with Crippen molar-refractivity contribution >= 4 is 11.6 Å². The molecule has 0 bridgehead atoms. The number of aromatic nitrogens is 1. The maximum absolute atomic E-state index is 13.4. The van der Waals surface area contributed by atoms with E-state index in [1.165, 1.54) is 24.4 Å². The first-order chi connectivity index (χ1) is 14.3. The molecule has 0 radical (unpaired) electrons. The first kappa shape index (κ1) is 22.1. The van der Waals surface area contributed by atoms with Crippen LogP contribution in [0.4, 0.5) is 17.6 Å². The summed E-state index contributed by atoms with van der Waals surface area (Å²) in [6.45, 7) is 0. The van der Waals surface area contributed by atoms with Crippen molar-refractivity contribution in [2.45, 2.75) is 24.5 Å². The molecule has 0 unspecified atom stereocenters. The third kappa shape index (κ3) is 4.74. The summed E-state index contributed by atoms with van der Waals surface area (Å²) in [6.07, 6.45) is -6.65. The minimum absolute atomic E-state index is 0.376. The lowest BCUT2D eigenvalue weighted by Crippen LogP contribution is -2.44. The van der Waals surface area contributed by atoms with E-state index in [9.17, 15) is 17.6 Å². The fraction of sp³-hybridized carbons (Fsp3) is 0.227. The van der Waals surface area contributed by atoms with Crippen molar-refractivity contribution in [3.05, 3.63) is 94.8 Å². The molecule has 1 atom stereocenters. The Labute approximate surface area is 176 Å². The Kier molecular flexibility index (Phi) is 6.63. The Morgan fingerprint density at radius 1 is 1.03 bits per heavy atom. The normalized spacial score (nSPS) is 13.8. The number of hydrogen-bond donors (Lipinski definition) is 1. The number of halogens is 5. The van der Waals surface area contributed by atoms with Crippen molar-refractivity contribution in [3.63, 3.8) is 0 Å². The van der Waals surface area contributed by atoms with Gasteiger partial charge in [-0.05, 0) is 42.4 Å². The molecule has 30 heavy (non-hydrogen) atoms. The monoisotopic (exact) mass is 438 g/mol. The highest BCUT2D eigenvalue weighted by molar-refractivity contribution is 6.30. The molecule has 1 aromatic heterocycles. The van der Waals surface area contributed by atoms with E-state index in [0.717, 1.165) is 5.56 Å². The summed E-state index contributed by atoms with van der Waals surface area (Å²) in [5, 5.41) is 3.67. The topological polar surface area (TPSA) is 34.1 Å². The molecule has 0 aliphatic carbocycles. The van der Waals surface area contributed by atoms with E-state index < -0.39 is 18.1 Å². The van der Waals surface area contributed by atoms with Crippen LogP contribution in [0, 0.1) is 0 Å². The Bertz CT molecular complexity index is 970. The van der Waals surface area contributed by atoms with E-state index >= 15 is 0 Å². The number of hydrogen-bond acceptors (Lipinski definition) is 3. The Balaban J connectivity index is 2.10. The fourth-order valence-corrected chi connectivity index (χ4v) is 3.37. The molecule has 1 N–H and O–H groups in total. The zero-order valence-electron chi connectivity index (χ0n) is 16.0. The molecular weight excluding hydrogens is 420 g/mol. The van der Waals surface area contributed by atoms with Crippen LogP contribution in [0.25, 0.3) is 0 Å². The van der Waals surface area contributed by atoms with Crippen LogP contribution >= 0.6 is 11.6 Å². The number of pyridine rings is 1. The predicted octanol–water partition coefficient (Wildman–Crippen LogP) is 5.68. The first-order valence-corrected chi connectivity index (χ1v) is 9.45. The third-order valence-electron chi connectivity index (χ3n) is 4.74. The van der Waals surface area contributed by atoms with Crippen LogP contribution in [0.5, 0.6) is 5.75 Å². The second-order valence-electron chi connectivity index (χ2n) is 6.67. The van der Waals surface area contributed by atoms with Crippen molar-refractivity contribution in [2.24, 2.45) is 0 Å². The maximum atomic E-state index is 13.4. The second kappa shape index (κ2) is 9.02. The highest BCUT2D eigenvalue weighted by atomic mass is 35.5. The number of ether oxygens (including phenoxy) is 1. The van der Waals surface area contributed by atoms with E-state index in [1.807, 2.05) is 30.3 Å². The average Bonchev–Trinajstić information content (AvgIpc) is 2.73. The van der Waals surface area contributed by atoms with Crippen molar-refractivity contribution in [3.8, 4) is 5.75 Å². The van der Waals surface area contributed by atoms with Crippen LogP contribution in [-0.4, -0.2) is 24.6 Å². The summed E-state index contributed by atoms with van der Waals surface area (Å²) in [5.74, 6) is -0.376. The highest BCUT2D eigenvalue weighted by Gasteiger charge is 2.44. The molecule has 0 saturated heterocycles. The largest absolute Gasteiger partial charge is 0.461 e. The van der Waals surface area contributed by atoms with Gasteiger partial charge in [0.25, 0.3) is 0 Å². The molecule has 2 aromatic carbocycles. The molecule has 0 saturated carbocycles. The highest BCUT2D eigenvalue weighted by Crippen LogP contribution is 2.36. The molecule has 0 amide bonds. The molecule has 0 aliphatic rings.